The van der Waals surface area contributed by atoms with Crippen molar-refractivity contribution in [1.29, 1.82) is 5.26 Å². The van der Waals surface area contributed by atoms with Gasteiger partial charge >= 0.3 is 0 Å². The van der Waals surface area contributed by atoms with Crippen molar-refractivity contribution >= 4 is 23.0 Å². The highest BCUT2D eigenvalue weighted by molar-refractivity contribution is 6.28. The Bertz CT molecular complexity index is 970. The summed E-state index contributed by atoms with van der Waals surface area (Å²) in [5.74, 6) is 0.0877. The maximum absolute atomic E-state index is 13.0. The molecule has 0 saturated carbocycles. The lowest BCUT2D eigenvalue weighted by Gasteiger charge is -2.30. The van der Waals surface area contributed by atoms with E-state index in [2.05, 4.69) is 11.1 Å². The molecule has 0 spiro atoms. The van der Waals surface area contributed by atoms with Crippen LogP contribution in [0.2, 0.25) is 0 Å². The van der Waals surface area contributed by atoms with Crippen molar-refractivity contribution in [3.05, 3.63) is 58.7 Å². The Morgan fingerprint density at radius 3 is 2.56 bits per heavy atom. The summed E-state index contributed by atoms with van der Waals surface area (Å²) in [6.45, 7) is 4.43. The maximum Gasteiger partial charge on any atom is 0.204 e. The van der Waals surface area contributed by atoms with Crippen molar-refractivity contribution in [3.8, 4) is 6.07 Å². The molecule has 25 heavy (non-hydrogen) atoms. The molecule has 5 heteroatoms. The molecule has 1 saturated heterocycles. The van der Waals surface area contributed by atoms with Gasteiger partial charge in [-0.25, -0.2) is 4.99 Å². The Morgan fingerprint density at radius 2 is 1.88 bits per heavy atom. The maximum atomic E-state index is 13.0. The number of nitrogens with zero attached hydrogens (tertiary/aromatic N) is 3. The number of ketones is 1. The first-order valence-electron chi connectivity index (χ1n) is 8.19. The Hall–Kier alpha value is -2.97. The summed E-state index contributed by atoms with van der Waals surface area (Å²) in [5, 5.41) is 20.0. The lowest BCUT2D eigenvalue weighted by atomic mass is 9.86. The van der Waals surface area contributed by atoms with Gasteiger partial charge in [0.25, 0.3) is 0 Å². The summed E-state index contributed by atoms with van der Waals surface area (Å²) in [6.07, 6.45) is 0.303. The van der Waals surface area contributed by atoms with E-state index in [1.807, 2.05) is 43.0 Å². The molecule has 2 aliphatic heterocycles. The van der Waals surface area contributed by atoms with E-state index in [9.17, 15) is 9.90 Å². The van der Waals surface area contributed by atoms with Gasteiger partial charge in [0, 0.05) is 24.2 Å². The fourth-order valence-electron chi connectivity index (χ4n) is 3.46. The van der Waals surface area contributed by atoms with Gasteiger partial charge in [-0.2, -0.15) is 5.26 Å². The average Bonchev–Trinajstić information content (AvgIpc) is 2.95. The third kappa shape index (κ3) is 2.19. The number of aliphatic imine (C=N–C) groups is 1. The molecule has 2 heterocycles. The molecule has 0 bridgehead atoms. The fourth-order valence-corrected chi connectivity index (χ4v) is 3.46. The Morgan fingerprint density at radius 1 is 1.20 bits per heavy atom. The Labute approximate surface area is 145 Å². The number of aryl methyl sites for hydroxylation is 2. The molecule has 5 nitrogen and oxygen atoms in total. The summed E-state index contributed by atoms with van der Waals surface area (Å²) >= 11 is 0. The van der Waals surface area contributed by atoms with Crippen LogP contribution in [0.4, 0.5) is 11.4 Å². The number of amidine groups is 1. The summed E-state index contributed by atoms with van der Waals surface area (Å²) in [5.41, 5.74) is 2.96. The average molecular weight is 331 g/mol. The third-order valence-electron chi connectivity index (χ3n) is 5.09. The van der Waals surface area contributed by atoms with Crippen LogP contribution in [0.15, 0.2) is 41.4 Å². The number of anilines is 1. The fraction of sp³-hybridized carbons (Fsp3) is 0.250. The number of aliphatic hydroxyl groups is 1. The van der Waals surface area contributed by atoms with E-state index in [0.717, 1.165) is 16.8 Å². The van der Waals surface area contributed by atoms with Gasteiger partial charge in [-0.1, -0.05) is 0 Å². The van der Waals surface area contributed by atoms with Crippen molar-refractivity contribution in [1.82, 2.24) is 0 Å². The Kier molecular flexibility index (Phi) is 3.28. The van der Waals surface area contributed by atoms with Gasteiger partial charge < -0.3 is 10.0 Å². The van der Waals surface area contributed by atoms with Gasteiger partial charge in [-0.05, 0) is 61.4 Å². The molecule has 0 aromatic heterocycles. The zero-order chi connectivity index (χ0) is 17.8. The largest absolute Gasteiger partial charge is 0.374 e. The second kappa shape index (κ2) is 5.27. The summed E-state index contributed by atoms with van der Waals surface area (Å²) in [6, 6.07) is 12.9. The number of hydrogen-bond donors (Lipinski definition) is 1. The number of carbonyl (C=O) groups is 1. The highest BCUT2D eigenvalue weighted by atomic mass is 16.3. The SMILES string of the molecule is Cc1cc2c(cc1C)C(=O)[C@]1(O)CCN(c3ccc(C#N)cc3)C1=N2. The van der Waals surface area contributed by atoms with Gasteiger partial charge in [0.1, 0.15) is 5.84 Å². The number of benzene rings is 2. The van der Waals surface area contributed by atoms with Crippen molar-refractivity contribution in [2.24, 2.45) is 4.99 Å². The highest BCUT2D eigenvalue weighted by Crippen LogP contribution is 2.40. The third-order valence-corrected chi connectivity index (χ3v) is 5.09. The van der Waals surface area contributed by atoms with Crippen LogP contribution in [0, 0.1) is 25.2 Å². The smallest absolute Gasteiger partial charge is 0.204 e. The van der Waals surface area contributed by atoms with Crippen LogP contribution in [-0.2, 0) is 0 Å². The van der Waals surface area contributed by atoms with E-state index < -0.39 is 5.60 Å². The molecule has 0 unspecified atom stereocenters. The molecule has 0 aliphatic carbocycles. The monoisotopic (exact) mass is 331 g/mol. The second-order valence-corrected chi connectivity index (χ2v) is 6.64. The van der Waals surface area contributed by atoms with Gasteiger partial charge in [-0.3, -0.25) is 4.79 Å². The van der Waals surface area contributed by atoms with E-state index in [-0.39, 0.29) is 5.78 Å². The van der Waals surface area contributed by atoms with Gasteiger partial charge in [0.2, 0.25) is 5.78 Å². The minimum absolute atomic E-state index is 0.285. The van der Waals surface area contributed by atoms with Gasteiger partial charge in [-0.15, -0.1) is 0 Å². The van der Waals surface area contributed by atoms with Crippen molar-refractivity contribution < 1.29 is 9.90 Å². The topological polar surface area (TPSA) is 76.7 Å². The molecule has 124 valence electrons. The van der Waals surface area contributed by atoms with Crippen molar-refractivity contribution in [3.63, 3.8) is 0 Å². The van der Waals surface area contributed by atoms with Crippen molar-refractivity contribution in [2.45, 2.75) is 25.9 Å². The first-order valence-corrected chi connectivity index (χ1v) is 8.19. The molecular formula is C20H17N3O2. The standard InChI is InChI=1S/C20H17N3O2/c1-12-9-16-17(10-13(12)2)22-19-20(25,18(16)24)7-8-23(19)15-5-3-14(11-21)4-6-15/h3-6,9-10,25H,7-8H2,1-2H3/t20-/m1/s1. The van der Waals surface area contributed by atoms with Crippen LogP contribution in [0.3, 0.4) is 0 Å². The second-order valence-electron chi connectivity index (χ2n) is 6.64. The molecule has 2 aromatic carbocycles. The van der Waals surface area contributed by atoms with Crippen LogP contribution in [0.1, 0.15) is 33.5 Å². The molecule has 0 amide bonds. The van der Waals surface area contributed by atoms with Crippen molar-refractivity contribution in [2.75, 3.05) is 11.4 Å². The van der Waals surface area contributed by atoms with E-state index in [0.29, 0.717) is 35.6 Å². The minimum Gasteiger partial charge on any atom is -0.374 e. The highest BCUT2D eigenvalue weighted by Gasteiger charge is 2.52. The first kappa shape index (κ1) is 15.6. The molecule has 4 rings (SSSR count). The van der Waals surface area contributed by atoms with Gasteiger partial charge in [0.05, 0.1) is 17.3 Å². The lowest BCUT2D eigenvalue weighted by molar-refractivity contribution is 0.0602. The van der Waals surface area contributed by atoms with Crippen LogP contribution in [-0.4, -0.2) is 28.9 Å². The molecule has 1 N–H and O–H groups in total. The minimum atomic E-state index is -1.58. The molecule has 2 aromatic rings. The molecule has 2 aliphatic rings. The summed E-state index contributed by atoms with van der Waals surface area (Å²) in [7, 11) is 0. The number of rotatable bonds is 1. The van der Waals surface area contributed by atoms with Crippen LogP contribution in [0.25, 0.3) is 0 Å². The zero-order valence-electron chi connectivity index (χ0n) is 14.1. The van der Waals surface area contributed by atoms with E-state index in [4.69, 9.17) is 5.26 Å². The number of hydrogen-bond acceptors (Lipinski definition) is 5. The number of nitriles is 1. The normalized spacial score (nSPS) is 21.4. The predicted molar refractivity (Wildman–Crippen MR) is 95.4 cm³/mol. The van der Waals surface area contributed by atoms with E-state index >= 15 is 0 Å². The quantitative estimate of drug-likeness (QED) is 0.871. The van der Waals surface area contributed by atoms with Crippen LogP contribution >= 0.6 is 0 Å². The molecule has 1 atom stereocenters. The van der Waals surface area contributed by atoms with Crippen LogP contribution in [0.5, 0.6) is 0 Å². The molecule has 0 radical (unpaired) electrons. The van der Waals surface area contributed by atoms with Crippen LogP contribution < -0.4 is 4.90 Å². The lowest BCUT2D eigenvalue weighted by Crippen LogP contribution is -2.48. The molecule has 1 fully saturated rings. The first-order chi connectivity index (χ1) is 11.9. The summed E-state index contributed by atoms with van der Waals surface area (Å²) in [4.78, 5) is 19.5. The number of fused-ring (bicyclic) bond motifs is 2. The zero-order valence-corrected chi connectivity index (χ0v) is 14.1. The van der Waals surface area contributed by atoms with E-state index in [1.165, 1.54) is 0 Å². The molecular weight excluding hydrogens is 314 g/mol. The number of Topliss-reactive ketones (excluding diaryl/α,β-unsaturated/α-hetero) is 1. The Balaban J connectivity index is 1.84. The van der Waals surface area contributed by atoms with Gasteiger partial charge in [0.15, 0.2) is 5.60 Å². The van der Waals surface area contributed by atoms with E-state index in [1.54, 1.807) is 12.1 Å². The summed E-state index contributed by atoms with van der Waals surface area (Å²) < 4.78 is 0. The number of carbonyl (C=O) groups excluding carboxylic acids is 1. The predicted octanol–water partition coefficient (Wildman–Crippen LogP) is 3.04.